The number of alkyl carbamates (subject to hydrolysis) is 1. The molecule has 2 aliphatic heterocycles. The summed E-state index contributed by atoms with van der Waals surface area (Å²) in [6, 6.07) is -0.843. The van der Waals surface area contributed by atoms with Crippen molar-refractivity contribution in [3.8, 4) is 0 Å². The van der Waals surface area contributed by atoms with Crippen LogP contribution in [0.25, 0.3) is 0 Å². The Kier molecular flexibility index (Phi) is 10.2. The van der Waals surface area contributed by atoms with Gasteiger partial charge >= 0.3 is 13.2 Å². The van der Waals surface area contributed by atoms with Crippen LogP contribution in [0.2, 0.25) is 0 Å². The number of amides is 2. The first-order valence-electron chi connectivity index (χ1n) is 14.5. The average Bonchev–Trinajstić information content (AvgIpc) is 3.07. The van der Waals surface area contributed by atoms with Gasteiger partial charge in [0.2, 0.25) is 20.9 Å². The number of nitrogens with one attached hydrogen (secondary N) is 1. The maximum atomic E-state index is 13.6. The lowest BCUT2D eigenvalue weighted by Crippen LogP contribution is -2.55. The fraction of sp³-hybridized carbons (Fsp3) is 0.786. The molecular formula is C28H47BN4O7S. The molecule has 11 nitrogen and oxygen atoms in total. The summed E-state index contributed by atoms with van der Waals surface area (Å²) in [5, 5.41) is 2.50. The Morgan fingerprint density at radius 3 is 2.24 bits per heavy atom. The number of nitrogens with zero attached hydrogens (tertiary/aromatic N) is 3. The van der Waals surface area contributed by atoms with E-state index in [9.17, 15) is 18.0 Å². The second-order valence-corrected chi connectivity index (χ2v) is 15.4. The molecule has 41 heavy (non-hydrogen) atoms. The fourth-order valence-corrected chi connectivity index (χ4v) is 6.06. The highest BCUT2D eigenvalue weighted by Gasteiger charge is 2.52. The van der Waals surface area contributed by atoms with Gasteiger partial charge in [-0.2, -0.15) is 0 Å². The Bertz CT molecular complexity index is 1170. The number of rotatable bonds is 9. The zero-order chi connectivity index (χ0) is 30.8. The normalized spacial score (nSPS) is 21.6. The molecule has 2 saturated heterocycles. The number of sulfone groups is 1. The Morgan fingerprint density at radius 2 is 1.71 bits per heavy atom. The quantitative estimate of drug-likeness (QED) is 0.337. The van der Waals surface area contributed by atoms with Gasteiger partial charge in [-0.3, -0.25) is 4.79 Å². The summed E-state index contributed by atoms with van der Waals surface area (Å²) in [6.07, 6.45) is 5.72. The number of aromatic nitrogens is 2. The number of hydrogen-bond acceptors (Lipinski definition) is 9. The van der Waals surface area contributed by atoms with Crippen molar-refractivity contribution in [1.82, 2.24) is 20.2 Å². The molecule has 2 fully saturated rings. The van der Waals surface area contributed by atoms with Crippen LogP contribution in [-0.2, 0) is 28.7 Å². The second kappa shape index (κ2) is 12.5. The van der Waals surface area contributed by atoms with Crippen molar-refractivity contribution in [3.63, 3.8) is 0 Å². The number of carbonyl (C=O) groups excluding carboxylic acids is 2. The van der Waals surface area contributed by atoms with Crippen LogP contribution in [0.1, 0.15) is 94.4 Å². The maximum absolute atomic E-state index is 13.6. The Balaban J connectivity index is 1.61. The van der Waals surface area contributed by atoms with Crippen molar-refractivity contribution in [3.05, 3.63) is 12.4 Å². The average molecular weight is 595 g/mol. The van der Waals surface area contributed by atoms with Gasteiger partial charge < -0.3 is 24.3 Å². The zero-order valence-corrected chi connectivity index (χ0v) is 26.8. The largest absolute Gasteiger partial charge is 0.498 e. The molecule has 13 heteroatoms. The molecule has 3 heterocycles. The van der Waals surface area contributed by atoms with Crippen LogP contribution in [0.4, 0.5) is 4.79 Å². The SMILES string of the molecule is CC(C)[C@@H](NC(=O)OC(C)(C)C)C(=O)N1CCCC[C@H]1CCCS(=O)(=O)c1ncc(B2OC(C)(C)C(C)(C)O2)cn1. The van der Waals surface area contributed by atoms with E-state index in [1.54, 1.807) is 25.7 Å². The third-order valence-corrected chi connectivity index (χ3v) is 9.51. The van der Waals surface area contributed by atoms with Gasteiger partial charge in [0.15, 0.2) is 0 Å². The fourth-order valence-electron chi connectivity index (χ4n) is 4.91. The molecule has 2 amide bonds. The lowest BCUT2D eigenvalue weighted by Gasteiger charge is -2.39. The predicted octanol–water partition coefficient (Wildman–Crippen LogP) is 3.26. The molecule has 2 aliphatic rings. The van der Waals surface area contributed by atoms with Crippen LogP contribution in [0.3, 0.4) is 0 Å². The van der Waals surface area contributed by atoms with Gasteiger partial charge in [0.25, 0.3) is 0 Å². The summed E-state index contributed by atoms with van der Waals surface area (Å²) in [4.78, 5) is 36.0. The highest BCUT2D eigenvalue weighted by atomic mass is 32.2. The third-order valence-electron chi connectivity index (χ3n) is 7.92. The van der Waals surface area contributed by atoms with Crippen LogP contribution < -0.4 is 10.8 Å². The first kappa shape index (κ1) is 33.3. The van der Waals surface area contributed by atoms with E-state index in [1.807, 2.05) is 41.5 Å². The summed E-state index contributed by atoms with van der Waals surface area (Å²) in [5.41, 5.74) is -1.18. The summed E-state index contributed by atoms with van der Waals surface area (Å²) >= 11 is 0. The van der Waals surface area contributed by atoms with Crippen molar-refractivity contribution in [2.24, 2.45) is 5.92 Å². The molecule has 230 valence electrons. The van der Waals surface area contributed by atoms with Crippen molar-refractivity contribution >= 4 is 34.4 Å². The summed E-state index contributed by atoms with van der Waals surface area (Å²) < 4.78 is 43.4. The van der Waals surface area contributed by atoms with Gasteiger partial charge in [0.05, 0.1) is 17.0 Å². The second-order valence-electron chi connectivity index (χ2n) is 13.4. The Hall–Kier alpha value is -2.25. The highest BCUT2D eigenvalue weighted by molar-refractivity contribution is 7.91. The van der Waals surface area contributed by atoms with E-state index in [-0.39, 0.29) is 28.8 Å². The van der Waals surface area contributed by atoms with E-state index in [0.29, 0.717) is 24.8 Å². The molecule has 1 aromatic heterocycles. The van der Waals surface area contributed by atoms with Crippen LogP contribution >= 0.6 is 0 Å². The highest BCUT2D eigenvalue weighted by Crippen LogP contribution is 2.36. The standard InChI is InChI=1S/C28H47BN4O7S/c1-19(2)22(32-25(35)38-26(3,4)5)23(34)33-15-11-10-13-21(33)14-12-16-41(36,37)24-30-17-20(18-31-24)29-39-27(6,7)28(8,9)40-29/h17-19,21-22H,10-16H2,1-9H3,(H,32,35)/t21-,22+/m0/s1. The van der Waals surface area contributed by atoms with Crippen molar-refractivity contribution in [1.29, 1.82) is 0 Å². The van der Waals surface area contributed by atoms with Crippen molar-refractivity contribution in [2.45, 2.75) is 128 Å². The first-order valence-corrected chi connectivity index (χ1v) is 16.2. The Morgan fingerprint density at radius 1 is 1.12 bits per heavy atom. The molecule has 0 spiro atoms. The van der Waals surface area contributed by atoms with Gasteiger partial charge in [0, 0.05) is 30.4 Å². The molecule has 0 aliphatic carbocycles. The number of likely N-dealkylation sites (tertiary alicyclic amines) is 1. The molecule has 0 aromatic carbocycles. The third kappa shape index (κ3) is 8.41. The number of ether oxygens (including phenoxy) is 1. The minimum Gasteiger partial charge on any atom is -0.444 e. The minimum absolute atomic E-state index is 0.111. The molecule has 0 unspecified atom stereocenters. The monoisotopic (exact) mass is 594 g/mol. The minimum atomic E-state index is -3.73. The Labute approximate surface area is 245 Å². The van der Waals surface area contributed by atoms with E-state index in [1.165, 1.54) is 12.4 Å². The van der Waals surface area contributed by atoms with E-state index in [2.05, 4.69) is 15.3 Å². The van der Waals surface area contributed by atoms with Crippen LogP contribution in [0.15, 0.2) is 17.6 Å². The van der Waals surface area contributed by atoms with Crippen molar-refractivity contribution < 1.29 is 32.1 Å². The smallest absolute Gasteiger partial charge is 0.444 e. The summed E-state index contributed by atoms with van der Waals surface area (Å²) in [6.45, 7) is 17.4. The van der Waals surface area contributed by atoms with Crippen LogP contribution in [0, 0.1) is 5.92 Å². The van der Waals surface area contributed by atoms with E-state index >= 15 is 0 Å². The van der Waals surface area contributed by atoms with Gasteiger partial charge in [-0.15, -0.1) is 0 Å². The molecule has 0 radical (unpaired) electrons. The lowest BCUT2D eigenvalue weighted by atomic mass is 9.81. The van der Waals surface area contributed by atoms with E-state index < -0.39 is 45.9 Å². The molecule has 0 bridgehead atoms. The number of hydrogen-bond donors (Lipinski definition) is 1. The molecule has 3 rings (SSSR count). The molecule has 1 aromatic rings. The summed E-state index contributed by atoms with van der Waals surface area (Å²) in [7, 11) is -4.40. The molecule has 0 saturated carbocycles. The zero-order valence-electron chi connectivity index (χ0n) is 26.0. The number of piperidine rings is 1. The first-order chi connectivity index (χ1) is 18.8. The topological polar surface area (TPSA) is 137 Å². The predicted molar refractivity (Wildman–Crippen MR) is 156 cm³/mol. The molecular weight excluding hydrogens is 547 g/mol. The van der Waals surface area contributed by atoms with Crippen LogP contribution in [0.5, 0.6) is 0 Å². The van der Waals surface area contributed by atoms with Gasteiger partial charge in [0.1, 0.15) is 11.6 Å². The van der Waals surface area contributed by atoms with E-state index in [0.717, 1.165) is 19.3 Å². The van der Waals surface area contributed by atoms with Gasteiger partial charge in [-0.1, -0.05) is 13.8 Å². The molecule has 1 N–H and O–H groups in total. The lowest BCUT2D eigenvalue weighted by molar-refractivity contribution is -0.138. The van der Waals surface area contributed by atoms with Gasteiger partial charge in [-0.05, 0) is 86.5 Å². The van der Waals surface area contributed by atoms with Crippen LogP contribution in [-0.4, -0.2) is 83.6 Å². The maximum Gasteiger partial charge on any atom is 0.498 e. The molecule has 2 atom stereocenters. The summed E-state index contributed by atoms with van der Waals surface area (Å²) in [5.74, 6) is -0.444. The number of carbonyl (C=O) groups is 2. The van der Waals surface area contributed by atoms with Crippen molar-refractivity contribution in [2.75, 3.05) is 12.3 Å². The van der Waals surface area contributed by atoms with Gasteiger partial charge in [-0.25, -0.2) is 23.2 Å². The van der Waals surface area contributed by atoms with E-state index in [4.69, 9.17) is 14.0 Å².